The number of rotatable bonds is 4. The van der Waals surface area contributed by atoms with Crippen LogP contribution in [-0.4, -0.2) is 31.4 Å². The lowest BCUT2D eigenvalue weighted by atomic mass is 10.1. The highest BCUT2D eigenvalue weighted by molar-refractivity contribution is 6.31. The number of carbonyl (C=O) groups excluding carboxylic acids is 3. The average Bonchev–Trinajstić information content (AvgIpc) is 3.06. The van der Waals surface area contributed by atoms with Crippen molar-refractivity contribution < 1.29 is 19.1 Å². The summed E-state index contributed by atoms with van der Waals surface area (Å²) in [6, 6.07) is 11.8. The molecule has 1 saturated heterocycles. The van der Waals surface area contributed by atoms with Gasteiger partial charge in [-0.3, -0.25) is 9.59 Å². The predicted octanol–water partition coefficient (Wildman–Crippen LogP) is 3.43. The van der Waals surface area contributed by atoms with Crippen molar-refractivity contribution in [1.29, 1.82) is 0 Å². The number of aryl methyl sites for hydroxylation is 1. The van der Waals surface area contributed by atoms with Gasteiger partial charge in [-0.25, -0.2) is 4.79 Å². The van der Waals surface area contributed by atoms with E-state index in [0.29, 0.717) is 28.5 Å². The van der Waals surface area contributed by atoms with Gasteiger partial charge < -0.3 is 15.0 Å². The van der Waals surface area contributed by atoms with Gasteiger partial charge in [0.2, 0.25) is 11.8 Å². The molecular formula is C20H19ClN2O4. The summed E-state index contributed by atoms with van der Waals surface area (Å²) in [5, 5.41) is 3.37. The maximum absolute atomic E-state index is 12.5. The second-order valence-electron chi connectivity index (χ2n) is 6.40. The maximum atomic E-state index is 12.5. The number of methoxy groups -OCH3 is 1. The summed E-state index contributed by atoms with van der Waals surface area (Å²) < 4.78 is 4.64. The Morgan fingerprint density at radius 2 is 1.89 bits per heavy atom. The number of amides is 2. The summed E-state index contributed by atoms with van der Waals surface area (Å²) in [7, 11) is 1.31. The first-order valence-corrected chi connectivity index (χ1v) is 8.82. The van der Waals surface area contributed by atoms with E-state index < -0.39 is 11.9 Å². The van der Waals surface area contributed by atoms with Crippen LogP contribution in [0.25, 0.3) is 0 Å². The van der Waals surface area contributed by atoms with Crippen molar-refractivity contribution in [2.75, 3.05) is 23.9 Å². The second-order valence-corrected chi connectivity index (χ2v) is 6.80. The van der Waals surface area contributed by atoms with Gasteiger partial charge in [0, 0.05) is 29.4 Å². The third-order valence-electron chi connectivity index (χ3n) is 4.54. The Labute approximate surface area is 162 Å². The highest BCUT2D eigenvalue weighted by Gasteiger charge is 2.35. The molecule has 3 rings (SSSR count). The molecule has 0 radical (unpaired) electrons. The Morgan fingerprint density at radius 1 is 1.19 bits per heavy atom. The minimum absolute atomic E-state index is 0.115. The number of nitrogens with one attached hydrogen (secondary N) is 1. The van der Waals surface area contributed by atoms with Crippen LogP contribution in [0, 0.1) is 12.8 Å². The number of anilines is 2. The minimum atomic E-state index is -0.460. The molecule has 2 amide bonds. The summed E-state index contributed by atoms with van der Waals surface area (Å²) in [5.74, 6) is -1.26. The van der Waals surface area contributed by atoms with Crippen LogP contribution < -0.4 is 10.2 Å². The monoisotopic (exact) mass is 386 g/mol. The Bertz CT molecular complexity index is 895. The molecule has 1 N–H and O–H groups in total. The number of carbonyl (C=O) groups is 3. The average molecular weight is 387 g/mol. The largest absolute Gasteiger partial charge is 0.465 e. The smallest absolute Gasteiger partial charge is 0.337 e. The van der Waals surface area contributed by atoms with E-state index >= 15 is 0 Å². The molecule has 1 aliphatic rings. The van der Waals surface area contributed by atoms with Crippen LogP contribution in [0.1, 0.15) is 22.3 Å². The fourth-order valence-electron chi connectivity index (χ4n) is 2.93. The first-order chi connectivity index (χ1) is 12.9. The summed E-state index contributed by atoms with van der Waals surface area (Å²) in [6.45, 7) is 2.18. The third kappa shape index (κ3) is 4.11. The van der Waals surface area contributed by atoms with Crippen LogP contribution in [-0.2, 0) is 14.3 Å². The lowest BCUT2D eigenvalue weighted by molar-refractivity contribution is -0.122. The normalized spacial score (nSPS) is 16.3. The number of benzene rings is 2. The van der Waals surface area contributed by atoms with Crippen LogP contribution in [0.2, 0.25) is 5.02 Å². The van der Waals surface area contributed by atoms with E-state index in [4.69, 9.17) is 11.6 Å². The molecule has 2 aromatic carbocycles. The van der Waals surface area contributed by atoms with E-state index in [0.717, 1.165) is 5.56 Å². The molecule has 0 aromatic heterocycles. The number of ether oxygens (including phenoxy) is 1. The standard InChI is InChI=1S/C20H19ClN2O4/c1-12-3-8-16(10-17(12)21)23-11-14(9-18(23)24)19(25)22-15-6-4-13(5-7-15)20(26)27-2/h3-8,10,14H,9,11H2,1-2H3,(H,22,25). The summed E-state index contributed by atoms with van der Waals surface area (Å²) in [6.07, 6.45) is 0.136. The van der Waals surface area contributed by atoms with Crippen LogP contribution in [0.15, 0.2) is 42.5 Å². The highest BCUT2D eigenvalue weighted by atomic mass is 35.5. The molecule has 2 aromatic rings. The molecule has 1 aliphatic heterocycles. The number of nitrogens with zero attached hydrogens (tertiary/aromatic N) is 1. The van der Waals surface area contributed by atoms with E-state index in [9.17, 15) is 14.4 Å². The molecule has 1 atom stereocenters. The maximum Gasteiger partial charge on any atom is 0.337 e. The molecule has 6 nitrogen and oxygen atoms in total. The van der Waals surface area contributed by atoms with Gasteiger partial charge in [0.1, 0.15) is 0 Å². The van der Waals surface area contributed by atoms with Gasteiger partial charge in [-0.05, 0) is 48.9 Å². The fraction of sp³-hybridized carbons (Fsp3) is 0.250. The number of hydrogen-bond donors (Lipinski definition) is 1. The third-order valence-corrected chi connectivity index (χ3v) is 4.94. The quantitative estimate of drug-likeness (QED) is 0.817. The number of esters is 1. The van der Waals surface area contributed by atoms with Gasteiger partial charge in [0.25, 0.3) is 0 Å². The highest BCUT2D eigenvalue weighted by Crippen LogP contribution is 2.29. The molecule has 140 valence electrons. The molecule has 27 heavy (non-hydrogen) atoms. The number of halogens is 1. The van der Waals surface area contributed by atoms with E-state index in [-0.39, 0.29) is 18.2 Å². The first kappa shape index (κ1) is 18.9. The molecule has 1 fully saturated rings. The van der Waals surface area contributed by atoms with Crippen molar-refractivity contribution in [2.24, 2.45) is 5.92 Å². The van der Waals surface area contributed by atoms with Gasteiger partial charge in [0.15, 0.2) is 0 Å². The SMILES string of the molecule is COC(=O)c1ccc(NC(=O)C2CC(=O)N(c3ccc(C)c(Cl)c3)C2)cc1. The molecule has 0 saturated carbocycles. The minimum Gasteiger partial charge on any atom is -0.465 e. The zero-order valence-corrected chi connectivity index (χ0v) is 15.7. The molecule has 0 spiro atoms. The first-order valence-electron chi connectivity index (χ1n) is 8.45. The summed E-state index contributed by atoms with van der Waals surface area (Å²) in [4.78, 5) is 37.9. The molecule has 0 aliphatic carbocycles. The van der Waals surface area contributed by atoms with Crippen molar-refractivity contribution in [1.82, 2.24) is 0 Å². The predicted molar refractivity (Wildman–Crippen MR) is 103 cm³/mol. The van der Waals surface area contributed by atoms with Gasteiger partial charge >= 0.3 is 5.97 Å². The van der Waals surface area contributed by atoms with Crippen LogP contribution in [0.4, 0.5) is 11.4 Å². The van der Waals surface area contributed by atoms with Gasteiger partial charge in [0.05, 0.1) is 18.6 Å². The number of hydrogen-bond acceptors (Lipinski definition) is 4. The van der Waals surface area contributed by atoms with Crippen LogP contribution >= 0.6 is 11.6 Å². The summed E-state index contributed by atoms with van der Waals surface area (Å²) >= 11 is 6.14. The molecule has 1 unspecified atom stereocenters. The van der Waals surface area contributed by atoms with Gasteiger partial charge in [-0.2, -0.15) is 0 Å². The lowest BCUT2D eigenvalue weighted by Crippen LogP contribution is -2.28. The Balaban J connectivity index is 1.66. The zero-order valence-electron chi connectivity index (χ0n) is 15.0. The van der Waals surface area contributed by atoms with Crippen LogP contribution in [0.3, 0.4) is 0 Å². The molecular weight excluding hydrogens is 368 g/mol. The van der Waals surface area contributed by atoms with E-state index in [1.807, 2.05) is 19.1 Å². The Kier molecular flexibility index (Phi) is 5.46. The summed E-state index contributed by atoms with van der Waals surface area (Å²) in [5.41, 5.74) is 2.57. The van der Waals surface area contributed by atoms with Crippen molar-refractivity contribution in [3.05, 3.63) is 58.6 Å². The van der Waals surface area contributed by atoms with Crippen molar-refractivity contribution in [3.8, 4) is 0 Å². The van der Waals surface area contributed by atoms with Crippen molar-refractivity contribution in [3.63, 3.8) is 0 Å². The van der Waals surface area contributed by atoms with Crippen molar-refractivity contribution in [2.45, 2.75) is 13.3 Å². The Morgan fingerprint density at radius 3 is 2.52 bits per heavy atom. The van der Waals surface area contributed by atoms with E-state index in [1.165, 1.54) is 7.11 Å². The molecule has 0 bridgehead atoms. The van der Waals surface area contributed by atoms with Gasteiger partial charge in [-0.15, -0.1) is 0 Å². The second kappa shape index (κ2) is 7.80. The lowest BCUT2D eigenvalue weighted by Gasteiger charge is -2.17. The molecule has 1 heterocycles. The van der Waals surface area contributed by atoms with Crippen LogP contribution in [0.5, 0.6) is 0 Å². The zero-order chi connectivity index (χ0) is 19.6. The Hall–Kier alpha value is -2.86. The van der Waals surface area contributed by atoms with Gasteiger partial charge in [-0.1, -0.05) is 17.7 Å². The fourth-order valence-corrected chi connectivity index (χ4v) is 3.11. The molecule has 7 heteroatoms. The van der Waals surface area contributed by atoms with E-state index in [1.54, 1.807) is 35.2 Å². The topological polar surface area (TPSA) is 75.7 Å². The van der Waals surface area contributed by atoms with Crippen molar-refractivity contribution >= 4 is 40.8 Å². The van der Waals surface area contributed by atoms with E-state index in [2.05, 4.69) is 10.1 Å².